The van der Waals surface area contributed by atoms with Crippen molar-refractivity contribution in [3.05, 3.63) is 0 Å². The van der Waals surface area contributed by atoms with Crippen LogP contribution in [0.5, 0.6) is 0 Å². The average molecular weight is 175 g/mol. The lowest BCUT2D eigenvalue weighted by Gasteiger charge is -2.12. The van der Waals surface area contributed by atoms with E-state index in [1.807, 2.05) is 11.8 Å². The van der Waals surface area contributed by atoms with Crippen molar-refractivity contribution < 1.29 is 0 Å². The summed E-state index contributed by atoms with van der Waals surface area (Å²) in [5.74, 6) is 2.00. The molecule has 68 valence electrons. The van der Waals surface area contributed by atoms with E-state index >= 15 is 0 Å². The summed E-state index contributed by atoms with van der Waals surface area (Å²) in [6.45, 7) is 11.3. The Morgan fingerprint density at radius 2 is 1.82 bits per heavy atom. The predicted octanol–water partition coefficient (Wildman–Crippen LogP) is 2.37. The van der Waals surface area contributed by atoms with Crippen molar-refractivity contribution in [1.82, 2.24) is 5.32 Å². The van der Waals surface area contributed by atoms with Gasteiger partial charge in [0.2, 0.25) is 0 Å². The largest absolute Gasteiger partial charge is 0.315 e. The lowest BCUT2D eigenvalue weighted by molar-refractivity contribution is 0.554. The molecule has 0 amide bonds. The molecule has 0 aromatic carbocycles. The predicted molar refractivity (Wildman–Crippen MR) is 55.3 cm³/mol. The zero-order valence-electron chi connectivity index (χ0n) is 8.18. The second kappa shape index (κ2) is 6.99. The van der Waals surface area contributed by atoms with Gasteiger partial charge >= 0.3 is 0 Å². The highest BCUT2D eigenvalue weighted by atomic mass is 32.2. The molecule has 0 aliphatic rings. The smallest absolute Gasteiger partial charge is 0.0144 e. The third kappa shape index (κ3) is 8.21. The Morgan fingerprint density at radius 3 is 2.27 bits per heavy atom. The van der Waals surface area contributed by atoms with Crippen LogP contribution in [-0.2, 0) is 0 Å². The summed E-state index contributed by atoms with van der Waals surface area (Å²) < 4.78 is 0. The molecule has 1 nitrogen and oxygen atoms in total. The fourth-order valence-electron chi connectivity index (χ4n) is 0.919. The second-order valence-electron chi connectivity index (χ2n) is 3.32. The summed E-state index contributed by atoms with van der Waals surface area (Å²) in [6.07, 6.45) is 0. The number of hydrogen-bond acceptors (Lipinski definition) is 2. The molecule has 1 unspecified atom stereocenters. The monoisotopic (exact) mass is 175 g/mol. The van der Waals surface area contributed by atoms with Crippen LogP contribution in [0.15, 0.2) is 0 Å². The van der Waals surface area contributed by atoms with Gasteiger partial charge in [-0.05, 0) is 18.2 Å². The first-order chi connectivity index (χ1) is 5.16. The van der Waals surface area contributed by atoms with Gasteiger partial charge in [-0.25, -0.2) is 0 Å². The van der Waals surface area contributed by atoms with Crippen LogP contribution in [0.25, 0.3) is 0 Å². The van der Waals surface area contributed by atoms with Crippen molar-refractivity contribution in [2.24, 2.45) is 5.92 Å². The Labute approximate surface area is 75.3 Å². The van der Waals surface area contributed by atoms with Crippen LogP contribution in [0.4, 0.5) is 0 Å². The van der Waals surface area contributed by atoms with Gasteiger partial charge in [0.05, 0.1) is 0 Å². The summed E-state index contributed by atoms with van der Waals surface area (Å²) in [7, 11) is 0. The van der Waals surface area contributed by atoms with E-state index < -0.39 is 0 Å². The maximum Gasteiger partial charge on any atom is 0.0144 e. The van der Waals surface area contributed by atoms with Crippen LogP contribution in [-0.4, -0.2) is 24.1 Å². The fourth-order valence-corrected chi connectivity index (χ4v) is 1.72. The van der Waals surface area contributed by atoms with Crippen molar-refractivity contribution in [2.75, 3.05) is 18.8 Å². The van der Waals surface area contributed by atoms with E-state index in [1.165, 1.54) is 5.75 Å². The molecule has 0 heterocycles. The topological polar surface area (TPSA) is 12.0 Å². The molecule has 0 bridgehead atoms. The van der Waals surface area contributed by atoms with Crippen LogP contribution in [0, 0.1) is 5.92 Å². The highest BCUT2D eigenvalue weighted by Crippen LogP contribution is 2.07. The van der Waals surface area contributed by atoms with Gasteiger partial charge in [-0.2, -0.15) is 11.8 Å². The zero-order chi connectivity index (χ0) is 8.69. The van der Waals surface area contributed by atoms with Gasteiger partial charge < -0.3 is 5.32 Å². The Hall–Kier alpha value is 0.310. The van der Waals surface area contributed by atoms with E-state index in [4.69, 9.17) is 0 Å². The molecule has 0 saturated heterocycles. The van der Waals surface area contributed by atoms with Crippen LogP contribution in [0.2, 0.25) is 0 Å². The summed E-state index contributed by atoms with van der Waals surface area (Å²) >= 11 is 2.02. The van der Waals surface area contributed by atoms with Crippen LogP contribution < -0.4 is 5.32 Å². The minimum Gasteiger partial charge on any atom is -0.315 e. The number of thioether (sulfide) groups is 1. The lowest BCUT2D eigenvalue weighted by atomic mass is 10.2. The molecular weight excluding hydrogens is 154 g/mol. The van der Waals surface area contributed by atoms with E-state index in [-0.39, 0.29) is 0 Å². The van der Waals surface area contributed by atoms with Crippen molar-refractivity contribution in [1.29, 1.82) is 0 Å². The maximum atomic E-state index is 3.45. The molecular formula is C9H21NS. The summed E-state index contributed by atoms with van der Waals surface area (Å²) in [4.78, 5) is 0. The first-order valence-electron chi connectivity index (χ1n) is 4.49. The molecule has 1 atom stereocenters. The third-order valence-corrected chi connectivity index (χ3v) is 2.50. The summed E-state index contributed by atoms with van der Waals surface area (Å²) in [6, 6.07) is 0. The van der Waals surface area contributed by atoms with E-state index in [1.54, 1.807) is 0 Å². The van der Waals surface area contributed by atoms with Gasteiger partial charge in [0.15, 0.2) is 0 Å². The highest BCUT2D eigenvalue weighted by Gasteiger charge is 1.99. The molecule has 0 radical (unpaired) electrons. The van der Waals surface area contributed by atoms with E-state index in [2.05, 4.69) is 33.0 Å². The fraction of sp³-hybridized carbons (Fsp3) is 1.00. The summed E-state index contributed by atoms with van der Waals surface area (Å²) in [5, 5.41) is 4.21. The van der Waals surface area contributed by atoms with Crippen LogP contribution in [0.1, 0.15) is 27.7 Å². The zero-order valence-corrected chi connectivity index (χ0v) is 9.00. The molecule has 0 saturated carbocycles. The van der Waals surface area contributed by atoms with E-state index in [0.717, 1.165) is 24.3 Å². The Kier molecular flexibility index (Phi) is 7.18. The van der Waals surface area contributed by atoms with Crippen molar-refractivity contribution in [3.8, 4) is 0 Å². The lowest BCUT2D eigenvalue weighted by Crippen LogP contribution is -2.26. The number of rotatable bonds is 6. The molecule has 1 N–H and O–H groups in total. The molecule has 0 aliphatic heterocycles. The van der Waals surface area contributed by atoms with E-state index in [9.17, 15) is 0 Å². The van der Waals surface area contributed by atoms with Gasteiger partial charge in [0.1, 0.15) is 0 Å². The van der Waals surface area contributed by atoms with E-state index in [0.29, 0.717) is 0 Å². The van der Waals surface area contributed by atoms with Crippen molar-refractivity contribution >= 4 is 11.8 Å². The van der Waals surface area contributed by atoms with Crippen molar-refractivity contribution in [2.45, 2.75) is 32.9 Å². The maximum absolute atomic E-state index is 3.45. The first kappa shape index (κ1) is 11.3. The molecule has 2 heteroatoms. The molecule has 0 aromatic heterocycles. The van der Waals surface area contributed by atoms with Gasteiger partial charge in [-0.15, -0.1) is 0 Å². The minimum atomic E-state index is 0.763. The molecule has 0 aliphatic carbocycles. The molecule has 0 spiro atoms. The molecule has 11 heavy (non-hydrogen) atoms. The molecule has 0 rings (SSSR count). The van der Waals surface area contributed by atoms with Gasteiger partial charge in [-0.1, -0.05) is 27.7 Å². The van der Waals surface area contributed by atoms with Crippen LogP contribution in [0.3, 0.4) is 0 Å². The first-order valence-corrected chi connectivity index (χ1v) is 5.54. The SMILES string of the molecule is CCSC(C)CNCC(C)C. The number of nitrogens with one attached hydrogen (secondary N) is 1. The second-order valence-corrected chi connectivity index (χ2v) is 5.03. The highest BCUT2D eigenvalue weighted by molar-refractivity contribution is 7.99. The van der Waals surface area contributed by atoms with Gasteiger partial charge in [0.25, 0.3) is 0 Å². The normalized spacial score (nSPS) is 13.9. The average Bonchev–Trinajstić information content (AvgIpc) is 1.87. The minimum absolute atomic E-state index is 0.763. The van der Waals surface area contributed by atoms with Gasteiger partial charge in [-0.3, -0.25) is 0 Å². The molecule has 0 fully saturated rings. The van der Waals surface area contributed by atoms with Crippen LogP contribution >= 0.6 is 11.8 Å². The van der Waals surface area contributed by atoms with Gasteiger partial charge in [0, 0.05) is 11.8 Å². The Morgan fingerprint density at radius 1 is 1.18 bits per heavy atom. The molecule has 0 aromatic rings. The summed E-state index contributed by atoms with van der Waals surface area (Å²) in [5.41, 5.74) is 0. The van der Waals surface area contributed by atoms with Crippen molar-refractivity contribution in [3.63, 3.8) is 0 Å². The standard InChI is InChI=1S/C9H21NS/c1-5-11-9(4)7-10-6-8(2)3/h8-10H,5-7H2,1-4H3. The number of hydrogen-bond donors (Lipinski definition) is 1. The third-order valence-electron chi connectivity index (χ3n) is 1.44. The Bertz CT molecular complexity index is 83.6. The Balaban J connectivity index is 3.10. The quantitative estimate of drug-likeness (QED) is 0.665.